The van der Waals surface area contributed by atoms with E-state index in [1.165, 1.54) is 12.3 Å². The Labute approximate surface area is 102 Å². The number of nitrogens with zero attached hydrogens (tertiary/aromatic N) is 1. The predicted molar refractivity (Wildman–Crippen MR) is 62.1 cm³/mol. The monoisotopic (exact) mass is 248 g/mol. The number of halogens is 1. The van der Waals surface area contributed by atoms with Crippen molar-refractivity contribution in [2.45, 2.75) is 0 Å². The second kappa shape index (κ2) is 4.70. The lowest BCUT2D eigenvalue weighted by Gasteiger charge is -2.10. The average molecular weight is 248 g/mol. The van der Waals surface area contributed by atoms with Crippen LogP contribution in [0.1, 0.15) is 10.4 Å². The molecule has 6 heteroatoms. The SMILES string of the molecule is Nc1c(F)ccc(Oc2cccnc2)c1C(=O)O. The van der Waals surface area contributed by atoms with Gasteiger partial charge in [-0.05, 0) is 24.3 Å². The first-order valence-electron chi connectivity index (χ1n) is 4.98. The molecular formula is C12H9FN2O3. The van der Waals surface area contributed by atoms with E-state index in [9.17, 15) is 9.18 Å². The van der Waals surface area contributed by atoms with Crippen LogP contribution in [0.2, 0.25) is 0 Å². The fraction of sp³-hybridized carbons (Fsp3) is 0. The third-order valence-electron chi connectivity index (χ3n) is 2.23. The van der Waals surface area contributed by atoms with Crippen molar-refractivity contribution < 1.29 is 19.0 Å². The largest absolute Gasteiger partial charge is 0.477 e. The Hall–Kier alpha value is -2.63. The number of hydrogen-bond acceptors (Lipinski definition) is 4. The maximum atomic E-state index is 13.2. The van der Waals surface area contributed by atoms with Crippen molar-refractivity contribution in [1.82, 2.24) is 4.98 Å². The molecule has 0 saturated carbocycles. The molecule has 0 fully saturated rings. The van der Waals surface area contributed by atoms with E-state index in [1.54, 1.807) is 18.3 Å². The molecule has 0 unspecified atom stereocenters. The summed E-state index contributed by atoms with van der Waals surface area (Å²) in [6.07, 6.45) is 2.95. The van der Waals surface area contributed by atoms with Gasteiger partial charge in [0, 0.05) is 6.20 Å². The summed E-state index contributed by atoms with van der Waals surface area (Å²) in [6, 6.07) is 5.48. The van der Waals surface area contributed by atoms with E-state index in [-0.39, 0.29) is 5.75 Å². The van der Waals surface area contributed by atoms with Gasteiger partial charge in [0.05, 0.1) is 11.9 Å². The third kappa shape index (κ3) is 2.22. The number of aromatic nitrogens is 1. The number of anilines is 1. The van der Waals surface area contributed by atoms with Crippen LogP contribution in [0.4, 0.5) is 10.1 Å². The normalized spacial score (nSPS) is 10.1. The summed E-state index contributed by atoms with van der Waals surface area (Å²) >= 11 is 0. The van der Waals surface area contributed by atoms with Crippen LogP contribution < -0.4 is 10.5 Å². The van der Waals surface area contributed by atoms with Gasteiger partial charge in [-0.2, -0.15) is 0 Å². The fourth-order valence-corrected chi connectivity index (χ4v) is 1.41. The molecule has 3 N–H and O–H groups in total. The molecule has 0 atom stereocenters. The molecule has 0 bridgehead atoms. The third-order valence-corrected chi connectivity index (χ3v) is 2.23. The highest BCUT2D eigenvalue weighted by atomic mass is 19.1. The number of benzene rings is 1. The summed E-state index contributed by atoms with van der Waals surface area (Å²) in [5.41, 5.74) is 4.53. The Morgan fingerprint density at radius 2 is 2.17 bits per heavy atom. The summed E-state index contributed by atoms with van der Waals surface area (Å²) < 4.78 is 18.5. The van der Waals surface area contributed by atoms with Gasteiger partial charge in [-0.3, -0.25) is 4.98 Å². The first kappa shape index (κ1) is 11.8. The van der Waals surface area contributed by atoms with Crippen molar-refractivity contribution in [3.8, 4) is 11.5 Å². The van der Waals surface area contributed by atoms with Crippen molar-refractivity contribution >= 4 is 11.7 Å². The molecule has 0 spiro atoms. The number of aromatic carboxylic acids is 1. The van der Waals surface area contributed by atoms with E-state index >= 15 is 0 Å². The minimum atomic E-state index is -1.36. The fourth-order valence-electron chi connectivity index (χ4n) is 1.41. The molecule has 18 heavy (non-hydrogen) atoms. The van der Waals surface area contributed by atoms with Gasteiger partial charge in [-0.15, -0.1) is 0 Å². The summed E-state index contributed by atoms with van der Waals surface area (Å²) in [4.78, 5) is 14.9. The van der Waals surface area contributed by atoms with E-state index in [2.05, 4.69) is 4.98 Å². The number of carboxylic acids is 1. The number of nitrogen functional groups attached to an aromatic ring is 1. The standard InChI is InChI=1S/C12H9FN2O3/c13-8-3-4-9(10(11(8)14)12(16)17)18-7-2-1-5-15-6-7/h1-6H,14H2,(H,16,17). The van der Waals surface area contributed by atoms with E-state index in [4.69, 9.17) is 15.6 Å². The van der Waals surface area contributed by atoms with Crippen LogP contribution >= 0.6 is 0 Å². The zero-order chi connectivity index (χ0) is 13.1. The van der Waals surface area contributed by atoms with Crippen molar-refractivity contribution in [2.24, 2.45) is 0 Å². The maximum Gasteiger partial charge on any atom is 0.341 e. The Balaban J connectivity index is 2.45. The predicted octanol–water partition coefficient (Wildman–Crippen LogP) is 2.29. The molecule has 1 heterocycles. The van der Waals surface area contributed by atoms with Gasteiger partial charge in [0.1, 0.15) is 22.9 Å². The molecule has 2 rings (SSSR count). The number of carbonyl (C=O) groups is 1. The second-order valence-corrected chi connectivity index (χ2v) is 3.43. The maximum absolute atomic E-state index is 13.2. The molecule has 0 aliphatic rings. The molecule has 0 radical (unpaired) electrons. The van der Waals surface area contributed by atoms with E-state index in [1.807, 2.05) is 0 Å². The molecule has 0 amide bonds. The minimum Gasteiger partial charge on any atom is -0.477 e. The molecule has 1 aromatic heterocycles. The Bertz CT molecular complexity index is 587. The zero-order valence-corrected chi connectivity index (χ0v) is 9.13. The van der Waals surface area contributed by atoms with E-state index in [0.717, 1.165) is 6.07 Å². The number of pyridine rings is 1. The summed E-state index contributed by atoms with van der Waals surface area (Å²) in [6.45, 7) is 0. The van der Waals surface area contributed by atoms with E-state index in [0.29, 0.717) is 5.75 Å². The summed E-state index contributed by atoms with van der Waals surface area (Å²) in [5, 5.41) is 9.01. The van der Waals surface area contributed by atoms with Crippen LogP contribution in [-0.4, -0.2) is 16.1 Å². The van der Waals surface area contributed by atoms with Crippen molar-refractivity contribution in [3.63, 3.8) is 0 Å². The average Bonchev–Trinajstić information content (AvgIpc) is 2.35. The first-order chi connectivity index (χ1) is 8.59. The number of hydrogen-bond donors (Lipinski definition) is 2. The van der Waals surface area contributed by atoms with Crippen molar-refractivity contribution in [3.05, 3.63) is 48.0 Å². The van der Waals surface area contributed by atoms with Gasteiger partial charge in [-0.1, -0.05) is 0 Å². The molecule has 1 aromatic carbocycles. The Kier molecular flexibility index (Phi) is 3.09. The number of rotatable bonds is 3. The quantitative estimate of drug-likeness (QED) is 0.814. The Morgan fingerprint density at radius 3 is 2.78 bits per heavy atom. The van der Waals surface area contributed by atoms with Gasteiger partial charge >= 0.3 is 5.97 Å². The lowest BCUT2D eigenvalue weighted by atomic mass is 10.1. The molecule has 0 saturated heterocycles. The first-order valence-corrected chi connectivity index (χ1v) is 4.98. The highest BCUT2D eigenvalue weighted by Gasteiger charge is 2.19. The van der Waals surface area contributed by atoms with Gasteiger partial charge in [0.25, 0.3) is 0 Å². The minimum absolute atomic E-state index is 0.0330. The van der Waals surface area contributed by atoms with Crippen molar-refractivity contribution in [2.75, 3.05) is 5.73 Å². The van der Waals surface area contributed by atoms with Crippen LogP contribution in [0.3, 0.4) is 0 Å². The lowest BCUT2D eigenvalue weighted by molar-refractivity contribution is 0.0695. The van der Waals surface area contributed by atoms with E-state index < -0.39 is 23.0 Å². The van der Waals surface area contributed by atoms with Crippen LogP contribution in [0.15, 0.2) is 36.7 Å². The lowest BCUT2D eigenvalue weighted by Crippen LogP contribution is -2.07. The van der Waals surface area contributed by atoms with Gasteiger partial charge in [-0.25, -0.2) is 9.18 Å². The number of carboxylic acid groups (broad SMARTS) is 1. The van der Waals surface area contributed by atoms with Crippen LogP contribution in [0, 0.1) is 5.82 Å². The number of nitrogens with two attached hydrogens (primary N) is 1. The summed E-state index contributed by atoms with van der Waals surface area (Å²) in [7, 11) is 0. The highest BCUT2D eigenvalue weighted by molar-refractivity contribution is 5.97. The second-order valence-electron chi connectivity index (χ2n) is 3.43. The highest BCUT2D eigenvalue weighted by Crippen LogP contribution is 2.30. The molecule has 92 valence electrons. The van der Waals surface area contributed by atoms with Crippen LogP contribution in [0.25, 0.3) is 0 Å². The van der Waals surface area contributed by atoms with Gasteiger partial charge in [0.15, 0.2) is 0 Å². The topological polar surface area (TPSA) is 85.4 Å². The van der Waals surface area contributed by atoms with Gasteiger partial charge < -0.3 is 15.6 Å². The number of ether oxygens (including phenoxy) is 1. The molecule has 2 aromatic rings. The van der Waals surface area contributed by atoms with Crippen LogP contribution in [0.5, 0.6) is 11.5 Å². The van der Waals surface area contributed by atoms with Crippen molar-refractivity contribution in [1.29, 1.82) is 0 Å². The molecule has 5 nitrogen and oxygen atoms in total. The Morgan fingerprint density at radius 1 is 1.39 bits per heavy atom. The van der Waals surface area contributed by atoms with Crippen LogP contribution in [-0.2, 0) is 0 Å². The molecular weight excluding hydrogens is 239 g/mol. The van der Waals surface area contributed by atoms with Gasteiger partial charge in [0.2, 0.25) is 0 Å². The zero-order valence-electron chi connectivity index (χ0n) is 9.13. The molecule has 0 aliphatic heterocycles. The summed E-state index contributed by atoms with van der Waals surface area (Å²) in [5.74, 6) is -1.85. The molecule has 0 aliphatic carbocycles. The smallest absolute Gasteiger partial charge is 0.341 e.